The number of hydrogen-bond acceptors (Lipinski definition) is 5. The third kappa shape index (κ3) is 3.66. The second-order valence-corrected chi connectivity index (χ2v) is 10.7. The van der Waals surface area contributed by atoms with Crippen LogP contribution in [0.1, 0.15) is 32.6 Å². The first-order valence-corrected chi connectivity index (χ1v) is 11.0. The smallest absolute Gasteiger partial charge is 0.249 e. The Kier molecular flexibility index (Phi) is 4.21. The zero-order valence-electron chi connectivity index (χ0n) is 15.5. The van der Waals surface area contributed by atoms with Gasteiger partial charge in [-0.15, -0.1) is 0 Å². The summed E-state index contributed by atoms with van der Waals surface area (Å²) in [5, 5.41) is 0.940. The van der Waals surface area contributed by atoms with Crippen molar-refractivity contribution in [2.45, 2.75) is 44.6 Å². The minimum atomic E-state index is -3.33. The number of rotatable bonds is 6. The first kappa shape index (κ1) is 18.6. The molecule has 2 aliphatic rings. The van der Waals surface area contributed by atoms with Crippen LogP contribution >= 0.6 is 0 Å². The number of anilines is 1. The van der Waals surface area contributed by atoms with E-state index in [1.165, 1.54) is 6.33 Å². The number of fused-ring (bicyclic) bond motifs is 1. The maximum Gasteiger partial charge on any atom is 0.249 e. The minimum Gasteiger partial charge on any atom is -0.356 e. The summed E-state index contributed by atoms with van der Waals surface area (Å²) in [5.41, 5.74) is -0.000751. The van der Waals surface area contributed by atoms with Crippen LogP contribution in [0, 0.1) is 11.3 Å². The molecule has 0 amide bonds. The molecule has 6 nitrogen and oxygen atoms in total. The minimum absolute atomic E-state index is 0.0789. The summed E-state index contributed by atoms with van der Waals surface area (Å²) in [5.74, 6) is -1.84. The van der Waals surface area contributed by atoms with Gasteiger partial charge in [0.2, 0.25) is 5.92 Å². The average molecular weight is 398 g/mol. The number of nitrogens with one attached hydrogen (secondary N) is 1. The largest absolute Gasteiger partial charge is 0.356 e. The monoisotopic (exact) mass is 398 g/mol. The Balaban J connectivity index is 1.33. The van der Waals surface area contributed by atoms with Gasteiger partial charge in [-0.1, -0.05) is 6.92 Å². The lowest BCUT2D eigenvalue weighted by molar-refractivity contribution is -0.144. The number of alkyl halides is 2. The van der Waals surface area contributed by atoms with Gasteiger partial charge in [-0.2, -0.15) is 0 Å². The zero-order chi connectivity index (χ0) is 19.4. The first-order chi connectivity index (χ1) is 12.6. The van der Waals surface area contributed by atoms with Crippen molar-refractivity contribution in [3.05, 3.63) is 18.6 Å². The van der Waals surface area contributed by atoms with Crippen molar-refractivity contribution in [1.29, 1.82) is 0 Å². The Morgan fingerprint density at radius 3 is 2.67 bits per heavy atom. The van der Waals surface area contributed by atoms with Gasteiger partial charge in [0, 0.05) is 32.1 Å². The standard InChI is InChI=1S/C18H24F2N4O2S/c1-17(8-18(19,20)9-17)10-27(25,26)7-12-5-13(6-12)24(2)16-14-3-4-21-15(14)22-11-23-16/h3-4,11-13H,5-10H2,1-2H3,(H,21,22,23)/t12-,13+. The van der Waals surface area contributed by atoms with E-state index in [4.69, 9.17) is 0 Å². The SMILES string of the molecule is CN(c1ncnc2[nH]ccc12)[C@H]1C[C@@H](CS(=O)(=O)CC2(C)CC(F)(F)C2)C1. The number of aromatic amines is 1. The van der Waals surface area contributed by atoms with Crippen molar-refractivity contribution in [2.24, 2.45) is 11.3 Å². The molecule has 148 valence electrons. The zero-order valence-corrected chi connectivity index (χ0v) is 16.3. The van der Waals surface area contributed by atoms with Gasteiger partial charge in [0.25, 0.3) is 0 Å². The first-order valence-electron chi connectivity index (χ1n) is 9.15. The fourth-order valence-electron chi connectivity index (χ4n) is 4.71. The molecule has 0 aromatic carbocycles. The Morgan fingerprint density at radius 2 is 2.00 bits per heavy atom. The molecule has 2 aromatic rings. The number of halogens is 2. The van der Waals surface area contributed by atoms with Crippen LogP contribution in [-0.2, 0) is 9.84 Å². The highest BCUT2D eigenvalue weighted by Gasteiger charge is 2.55. The molecule has 27 heavy (non-hydrogen) atoms. The van der Waals surface area contributed by atoms with E-state index in [1.54, 1.807) is 6.92 Å². The highest BCUT2D eigenvalue weighted by atomic mass is 32.2. The summed E-state index contributed by atoms with van der Waals surface area (Å²) in [6.07, 6.45) is 4.21. The predicted molar refractivity (Wildman–Crippen MR) is 99.7 cm³/mol. The number of hydrogen-bond donors (Lipinski definition) is 1. The van der Waals surface area contributed by atoms with E-state index >= 15 is 0 Å². The van der Waals surface area contributed by atoms with E-state index in [2.05, 4.69) is 19.9 Å². The van der Waals surface area contributed by atoms with Crippen molar-refractivity contribution in [2.75, 3.05) is 23.5 Å². The second-order valence-electron chi connectivity index (χ2n) is 8.61. The van der Waals surface area contributed by atoms with Gasteiger partial charge in [0.15, 0.2) is 9.84 Å². The molecule has 0 atom stereocenters. The van der Waals surface area contributed by atoms with Gasteiger partial charge in [0.05, 0.1) is 16.9 Å². The van der Waals surface area contributed by atoms with Crippen molar-refractivity contribution in [3.63, 3.8) is 0 Å². The lowest BCUT2D eigenvalue weighted by Crippen LogP contribution is -2.50. The predicted octanol–water partition coefficient (Wildman–Crippen LogP) is 3.02. The molecule has 0 aliphatic heterocycles. The molecule has 2 heterocycles. The number of nitrogens with zero attached hydrogens (tertiary/aromatic N) is 3. The lowest BCUT2D eigenvalue weighted by Gasteiger charge is -2.45. The second kappa shape index (κ2) is 6.12. The quantitative estimate of drug-likeness (QED) is 0.809. The molecule has 0 radical (unpaired) electrons. The molecular formula is C18H24F2N4O2S. The van der Waals surface area contributed by atoms with Gasteiger partial charge in [-0.3, -0.25) is 0 Å². The summed E-state index contributed by atoms with van der Waals surface area (Å²) in [4.78, 5) is 13.7. The molecule has 0 spiro atoms. The Hall–Kier alpha value is -1.77. The van der Waals surface area contributed by atoms with Crippen LogP contribution in [-0.4, -0.2) is 53.9 Å². The Labute approximate surface area is 157 Å². The van der Waals surface area contributed by atoms with E-state index in [1.807, 2.05) is 19.3 Å². The van der Waals surface area contributed by atoms with E-state index in [9.17, 15) is 17.2 Å². The molecular weight excluding hydrogens is 374 g/mol. The van der Waals surface area contributed by atoms with Crippen molar-refractivity contribution in [1.82, 2.24) is 15.0 Å². The molecule has 2 aliphatic carbocycles. The topological polar surface area (TPSA) is 79.0 Å². The molecule has 2 fully saturated rings. The summed E-state index contributed by atoms with van der Waals surface area (Å²) >= 11 is 0. The third-order valence-electron chi connectivity index (χ3n) is 5.85. The Morgan fingerprint density at radius 1 is 1.30 bits per heavy atom. The fourth-order valence-corrected chi connectivity index (χ4v) is 7.09. The average Bonchev–Trinajstić information content (AvgIpc) is 2.95. The summed E-state index contributed by atoms with van der Waals surface area (Å²) < 4.78 is 51.2. The normalized spacial score (nSPS) is 26.4. The molecule has 0 saturated heterocycles. The van der Waals surface area contributed by atoms with Crippen LogP contribution in [0.3, 0.4) is 0 Å². The van der Waals surface area contributed by atoms with Gasteiger partial charge in [-0.25, -0.2) is 27.2 Å². The molecule has 4 rings (SSSR count). The summed E-state index contributed by atoms with van der Waals surface area (Å²) in [6.45, 7) is 1.65. The molecule has 0 unspecified atom stereocenters. The van der Waals surface area contributed by atoms with Gasteiger partial charge < -0.3 is 9.88 Å². The molecule has 9 heteroatoms. The van der Waals surface area contributed by atoms with Gasteiger partial charge in [-0.05, 0) is 30.2 Å². The van der Waals surface area contributed by atoms with Crippen LogP contribution in [0.15, 0.2) is 18.6 Å². The highest BCUT2D eigenvalue weighted by Crippen LogP contribution is 2.52. The molecule has 0 bridgehead atoms. The van der Waals surface area contributed by atoms with Gasteiger partial charge >= 0.3 is 0 Å². The van der Waals surface area contributed by atoms with E-state index in [-0.39, 0.29) is 36.3 Å². The van der Waals surface area contributed by atoms with Crippen LogP contribution in [0.2, 0.25) is 0 Å². The summed E-state index contributed by atoms with van der Waals surface area (Å²) in [6, 6.07) is 2.15. The highest BCUT2D eigenvalue weighted by molar-refractivity contribution is 7.91. The van der Waals surface area contributed by atoms with E-state index < -0.39 is 21.2 Å². The molecule has 2 saturated carbocycles. The van der Waals surface area contributed by atoms with Crippen LogP contribution in [0.4, 0.5) is 14.6 Å². The number of H-pyrrole nitrogens is 1. The van der Waals surface area contributed by atoms with E-state index in [0.29, 0.717) is 0 Å². The number of aromatic nitrogens is 3. The van der Waals surface area contributed by atoms with Crippen molar-refractivity contribution in [3.8, 4) is 0 Å². The van der Waals surface area contributed by atoms with Crippen LogP contribution in [0.25, 0.3) is 11.0 Å². The van der Waals surface area contributed by atoms with Crippen molar-refractivity contribution < 1.29 is 17.2 Å². The molecule has 1 N–H and O–H groups in total. The van der Waals surface area contributed by atoms with Crippen LogP contribution < -0.4 is 4.90 Å². The third-order valence-corrected chi connectivity index (χ3v) is 7.97. The lowest BCUT2D eigenvalue weighted by atomic mass is 9.69. The maximum absolute atomic E-state index is 13.1. The maximum atomic E-state index is 13.1. The van der Waals surface area contributed by atoms with E-state index in [0.717, 1.165) is 29.7 Å². The van der Waals surface area contributed by atoms with Crippen molar-refractivity contribution >= 4 is 26.7 Å². The number of sulfone groups is 1. The fraction of sp³-hybridized carbons (Fsp3) is 0.667. The molecule has 2 aromatic heterocycles. The summed E-state index contributed by atoms with van der Waals surface area (Å²) in [7, 11) is -1.37. The van der Waals surface area contributed by atoms with Gasteiger partial charge in [0.1, 0.15) is 17.8 Å². The Bertz CT molecular complexity index is 945. The van der Waals surface area contributed by atoms with Crippen LogP contribution in [0.5, 0.6) is 0 Å².